The van der Waals surface area contributed by atoms with Gasteiger partial charge in [0, 0.05) is 26.2 Å². The second-order valence-corrected chi connectivity index (χ2v) is 5.07. The SMILES string of the molecule is NC(CN1CCN(c2cnc3ccccc3n2)CC1)=NO. The van der Waals surface area contributed by atoms with Crippen molar-refractivity contribution in [2.45, 2.75) is 0 Å². The maximum absolute atomic E-state index is 8.60. The van der Waals surface area contributed by atoms with E-state index in [1.807, 2.05) is 30.5 Å². The summed E-state index contributed by atoms with van der Waals surface area (Å²) in [6.07, 6.45) is 1.82. The molecule has 3 N–H and O–H groups in total. The van der Waals surface area contributed by atoms with E-state index in [1.54, 1.807) is 0 Å². The molecule has 0 bridgehead atoms. The zero-order valence-electron chi connectivity index (χ0n) is 11.7. The molecule has 7 heteroatoms. The molecule has 1 aliphatic heterocycles. The minimum Gasteiger partial charge on any atom is -0.409 e. The molecule has 1 aliphatic rings. The summed E-state index contributed by atoms with van der Waals surface area (Å²) in [5, 5.41) is 11.6. The second kappa shape index (κ2) is 5.92. The molecule has 1 fully saturated rings. The van der Waals surface area contributed by atoms with Gasteiger partial charge in [0.2, 0.25) is 0 Å². The highest BCUT2D eigenvalue weighted by atomic mass is 16.4. The lowest BCUT2D eigenvalue weighted by atomic mass is 10.3. The average Bonchev–Trinajstić information content (AvgIpc) is 2.55. The lowest BCUT2D eigenvalue weighted by Gasteiger charge is -2.34. The van der Waals surface area contributed by atoms with Gasteiger partial charge in [0.25, 0.3) is 0 Å². The van der Waals surface area contributed by atoms with Gasteiger partial charge in [0.15, 0.2) is 5.84 Å². The number of rotatable bonds is 3. The van der Waals surface area contributed by atoms with Crippen LogP contribution in [0, 0.1) is 0 Å². The van der Waals surface area contributed by atoms with Crippen LogP contribution in [-0.4, -0.2) is 58.6 Å². The Labute approximate surface area is 122 Å². The van der Waals surface area contributed by atoms with Crippen molar-refractivity contribution < 1.29 is 5.21 Å². The highest BCUT2D eigenvalue weighted by Gasteiger charge is 2.19. The van der Waals surface area contributed by atoms with Crippen LogP contribution in [0.5, 0.6) is 0 Å². The molecule has 1 saturated heterocycles. The van der Waals surface area contributed by atoms with Crippen molar-refractivity contribution in [3.63, 3.8) is 0 Å². The number of aromatic nitrogens is 2. The molecular weight excluding hydrogens is 268 g/mol. The summed E-state index contributed by atoms with van der Waals surface area (Å²) in [6.45, 7) is 3.90. The first-order valence-corrected chi connectivity index (χ1v) is 6.92. The van der Waals surface area contributed by atoms with E-state index in [-0.39, 0.29) is 5.84 Å². The van der Waals surface area contributed by atoms with Gasteiger partial charge in [-0.2, -0.15) is 0 Å². The second-order valence-electron chi connectivity index (χ2n) is 5.07. The predicted octanol–water partition coefficient (Wildman–Crippen LogP) is 0.498. The Morgan fingerprint density at radius 3 is 2.62 bits per heavy atom. The van der Waals surface area contributed by atoms with Crippen molar-refractivity contribution >= 4 is 22.7 Å². The fourth-order valence-corrected chi connectivity index (χ4v) is 2.50. The van der Waals surface area contributed by atoms with Gasteiger partial charge in [0.05, 0.1) is 23.8 Å². The Morgan fingerprint density at radius 2 is 1.90 bits per heavy atom. The van der Waals surface area contributed by atoms with Gasteiger partial charge in [-0.15, -0.1) is 0 Å². The van der Waals surface area contributed by atoms with E-state index in [4.69, 9.17) is 10.9 Å². The lowest BCUT2D eigenvalue weighted by molar-refractivity contribution is 0.278. The Kier molecular flexibility index (Phi) is 3.83. The van der Waals surface area contributed by atoms with Gasteiger partial charge < -0.3 is 15.8 Å². The monoisotopic (exact) mass is 286 g/mol. The molecule has 2 aromatic rings. The molecule has 1 aromatic carbocycles. The van der Waals surface area contributed by atoms with Crippen LogP contribution in [0.4, 0.5) is 5.82 Å². The Balaban J connectivity index is 1.68. The molecule has 7 nitrogen and oxygen atoms in total. The van der Waals surface area contributed by atoms with Crippen molar-refractivity contribution in [3.05, 3.63) is 30.5 Å². The Morgan fingerprint density at radius 1 is 1.19 bits per heavy atom. The maximum atomic E-state index is 8.60. The van der Waals surface area contributed by atoms with Crippen LogP contribution in [-0.2, 0) is 0 Å². The Hall–Kier alpha value is -2.41. The average molecular weight is 286 g/mol. The molecule has 1 aromatic heterocycles. The number of nitrogens with zero attached hydrogens (tertiary/aromatic N) is 5. The number of oxime groups is 1. The number of anilines is 1. The van der Waals surface area contributed by atoms with Crippen LogP contribution in [0.1, 0.15) is 0 Å². The Bertz CT molecular complexity index is 651. The molecule has 2 heterocycles. The third-order valence-corrected chi connectivity index (χ3v) is 3.65. The summed E-state index contributed by atoms with van der Waals surface area (Å²) in [5.74, 6) is 1.14. The van der Waals surface area contributed by atoms with Crippen LogP contribution in [0.25, 0.3) is 11.0 Å². The first-order chi connectivity index (χ1) is 10.3. The summed E-state index contributed by atoms with van der Waals surface area (Å²) < 4.78 is 0. The van der Waals surface area contributed by atoms with E-state index >= 15 is 0 Å². The van der Waals surface area contributed by atoms with Gasteiger partial charge in [0.1, 0.15) is 5.82 Å². The molecule has 0 atom stereocenters. The number of piperazine rings is 1. The summed E-state index contributed by atoms with van der Waals surface area (Å²) in [5.41, 5.74) is 7.35. The van der Waals surface area contributed by atoms with Crippen molar-refractivity contribution in [1.82, 2.24) is 14.9 Å². The predicted molar refractivity (Wildman–Crippen MR) is 81.6 cm³/mol. The standard InChI is InChI=1S/C14H18N6O/c15-13(18-21)10-19-5-7-20(8-6-19)14-9-16-11-3-1-2-4-12(11)17-14/h1-4,9,21H,5-8,10H2,(H2,15,18). The third kappa shape index (κ3) is 3.03. The quantitative estimate of drug-likeness (QED) is 0.369. The normalized spacial score (nSPS) is 17.3. The number of hydrogen-bond donors (Lipinski definition) is 2. The van der Waals surface area contributed by atoms with Crippen LogP contribution in [0.2, 0.25) is 0 Å². The van der Waals surface area contributed by atoms with E-state index < -0.39 is 0 Å². The van der Waals surface area contributed by atoms with Gasteiger partial charge in [-0.1, -0.05) is 17.3 Å². The molecule has 0 radical (unpaired) electrons. The van der Waals surface area contributed by atoms with E-state index in [0.717, 1.165) is 43.0 Å². The third-order valence-electron chi connectivity index (χ3n) is 3.65. The van der Waals surface area contributed by atoms with Gasteiger partial charge in [-0.3, -0.25) is 9.88 Å². The molecule has 3 rings (SSSR count). The van der Waals surface area contributed by atoms with Crippen LogP contribution < -0.4 is 10.6 Å². The molecule has 0 spiro atoms. The van der Waals surface area contributed by atoms with E-state index in [2.05, 4.69) is 24.9 Å². The van der Waals surface area contributed by atoms with Crippen molar-refractivity contribution in [2.24, 2.45) is 10.9 Å². The van der Waals surface area contributed by atoms with Crippen LogP contribution in [0.3, 0.4) is 0 Å². The first-order valence-electron chi connectivity index (χ1n) is 6.92. The fraction of sp³-hybridized carbons (Fsp3) is 0.357. The van der Waals surface area contributed by atoms with Crippen molar-refractivity contribution in [2.75, 3.05) is 37.6 Å². The van der Waals surface area contributed by atoms with Gasteiger partial charge >= 0.3 is 0 Å². The summed E-state index contributed by atoms with van der Waals surface area (Å²) >= 11 is 0. The minimum absolute atomic E-state index is 0.244. The number of fused-ring (bicyclic) bond motifs is 1. The molecule has 110 valence electrons. The summed E-state index contributed by atoms with van der Waals surface area (Å²) in [7, 11) is 0. The topological polar surface area (TPSA) is 90.9 Å². The van der Waals surface area contributed by atoms with E-state index in [0.29, 0.717) is 6.54 Å². The zero-order chi connectivity index (χ0) is 14.7. The number of para-hydroxylation sites is 2. The maximum Gasteiger partial charge on any atom is 0.153 e. The van der Waals surface area contributed by atoms with Crippen LogP contribution >= 0.6 is 0 Å². The minimum atomic E-state index is 0.244. The van der Waals surface area contributed by atoms with E-state index in [9.17, 15) is 0 Å². The van der Waals surface area contributed by atoms with Crippen LogP contribution in [0.15, 0.2) is 35.6 Å². The van der Waals surface area contributed by atoms with Gasteiger partial charge in [-0.05, 0) is 12.1 Å². The number of amidine groups is 1. The zero-order valence-corrected chi connectivity index (χ0v) is 11.7. The lowest BCUT2D eigenvalue weighted by Crippen LogP contribution is -2.49. The summed E-state index contributed by atoms with van der Waals surface area (Å²) in [4.78, 5) is 13.5. The molecule has 21 heavy (non-hydrogen) atoms. The summed E-state index contributed by atoms with van der Waals surface area (Å²) in [6, 6.07) is 7.86. The van der Waals surface area contributed by atoms with Gasteiger partial charge in [-0.25, -0.2) is 4.98 Å². The largest absolute Gasteiger partial charge is 0.409 e. The fourth-order valence-electron chi connectivity index (χ4n) is 2.50. The molecule has 0 unspecified atom stereocenters. The number of hydrogen-bond acceptors (Lipinski definition) is 6. The number of nitrogens with two attached hydrogens (primary N) is 1. The van der Waals surface area contributed by atoms with Crippen molar-refractivity contribution in [3.8, 4) is 0 Å². The first kappa shape index (κ1) is 13.6. The molecule has 0 aliphatic carbocycles. The smallest absolute Gasteiger partial charge is 0.153 e. The highest BCUT2D eigenvalue weighted by molar-refractivity contribution is 5.81. The molecule has 0 amide bonds. The van der Waals surface area contributed by atoms with E-state index in [1.165, 1.54) is 0 Å². The van der Waals surface area contributed by atoms with Crippen molar-refractivity contribution in [1.29, 1.82) is 0 Å². The highest BCUT2D eigenvalue weighted by Crippen LogP contribution is 2.16. The molecular formula is C14H18N6O. The molecule has 0 saturated carbocycles. The number of benzene rings is 1.